The number of fused-ring (bicyclic) bond motifs is 3. The van der Waals surface area contributed by atoms with Gasteiger partial charge < -0.3 is 20.1 Å². The van der Waals surface area contributed by atoms with Gasteiger partial charge in [-0.2, -0.15) is 0 Å². The van der Waals surface area contributed by atoms with E-state index in [1.54, 1.807) is 13.0 Å². The Bertz CT molecular complexity index is 1320. The lowest BCUT2D eigenvalue weighted by Crippen LogP contribution is -2.48. The summed E-state index contributed by atoms with van der Waals surface area (Å²) in [5.74, 6) is -1.09. The molecule has 0 saturated carbocycles. The number of benzene rings is 3. The molecule has 0 unspecified atom stereocenters. The third-order valence-corrected chi connectivity index (χ3v) is 7.29. The summed E-state index contributed by atoms with van der Waals surface area (Å²) < 4.78 is 11.2. The quantitative estimate of drug-likeness (QED) is 0.358. The summed E-state index contributed by atoms with van der Waals surface area (Å²) in [6.45, 7) is 1.96. The molecule has 2 N–H and O–H groups in total. The highest BCUT2D eigenvalue weighted by molar-refractivity contribution is 5.86. The van der Waals surface area contributed by atoms with E-state index in [9.17, 15) is 14.4 Å². The van der Waals surface area contributed by atoms with Gasteiger partial charge in [-0.15, -0.1) is 0 Å². The maximum absolute atomic E-state index is 13.3. The molecular formula is C32H32N2O5. The number of rotatable bonds is 4. The predicted molar refractivity (Wildman–Crippen MR) is 148 cm³/mol. The number of alkyl carbamates (subject to hydrolysis) is 1. The topological polar surface area (TPSA) is 93.7 Å². The molecule has 1 aliphatic carbocycles. The highest BCUT2D eigenvalue weighted by atomic mass is 16.5. The van der Waals surface area contributed by atoms with E-state index < -0.39 is 18.2 Å². The van der Waals surface area contributed by atoms with Gasteiger partial charge >= 0.3 is 12.1 Å². The summed E-state index contributed by atoms with van der Waals surface area (Å²) in [6, 6.07) is 24.2. The zero-order valence-corrected chi connectivity index (χ0v) is 21.8. The number of nitrogens with one attached hydrogen (secondary N) is 2. The summed E-state index contributed by atoms with van der Waals surface area (Å²) in [4.78, 5) is 38.7. The number of carbonyl (C=O) groups is 3. The van der Waals surface area contributed by atoms with Crippen LogP contribution in [0.1, 0.15) is 48.4 Å². The number of carbonyl (C=O) groups excluding carboxylic acids is 3. The maximum atomic E-state index is 13.3. The molecule has 3 aromatic rings. The van der Waals surface area contributed by atoms with Crippen LogP contribution in [0.15, 0.2) is 91.0 Å². The van der Waals surface area contributed by atoms with Gasteiger partial charge in [-0.25, -0.2) is 4.79 Å². The van der Waals surface area contributed by atoms with Crippen LogP contribution in [-0.2, 0) is 19.1 Å². The molecule has 3 atom stereocenters. The van der Waals surface area contributed by atoms with Crippen LogP contribution in [0.3, 0.4) is 0 Å². The Morgan fingerprint density at radius 2 is 1.51 bits per heavy atom. The fraction of sp³-hybridized carbons (Fsp3) is 0.281. The van der Waals surface area contributed by atoms with Crippen molar-refractivity contribution >= 4 is 18.0 Å². The molecule has 7 heteroatoms. The second kappa shape index (κ2) is 12.0. The average Bonchev–Trinajstić information content (AvgIpc) is 3.28. The lowest BCUT2D eigenvalue weighted by atomic mass is 9.98. The normalized spacial score (nSPS) is 22.2. The van der Waals surface area contributed by atoms with E-state index in [1.807, 2.05) is 60.7 Å². The molecule has 0 bridgehead atoms. The van der Waals surface area contributed by atoms with Crippen molar-refractivity contribution in [3.8, 4) is 11.1 Å². The van der Waals surface area contributed by atoms with Crippen molar-refractivity contribution in [3.05, 3.63) is 108 Å². The molecule has 39 heavy (non-hydrogen) atoms. The van der Waals surface area contributed by atoms with Gasteiger partial charge in [0.15, 0.2) is 0 Å². The molecule has 0 aromatic heterocycles. The first-order chi connectivity index (χ1) is 19.0. The second-order valence-corrected chi connectivity index (χ2v) is 9.97. The van der Waals surface area contributed by atoms with E-state index in [4.69, 9.17) is 9.47 Å². The minimum Gasteiger partial charge on any atom is -0.463 e. The van der Waals surface area contributed by atoms with E-state index in [1.165, 1.54) is 0 Å². The first kappa shape index (κ1) is 26.2. The number of ether oxygens (including phenoxy) is 2. The lowest BCUT2D eigenvalue weighted by molar-refractivity contribution is -0.149. The van der Waals surface area contributed by atoms with Crippen LogP contribution in [0.4, 0.5) is 4.79 Å². The predicted octanol–water partition coefficient (Wildman–Crippen LogP) is 5.28. The number of hydrogen-bond acceptors (Lipinski definition) is 5. The van der Waals surface area contributed by atoms with Crippen LogP contribution in [0.2, 0.25) is 0 Å². The van der Waals surface area contributed by atoms with Crippen molar-refractivity contribution in [2.24, 2.45) is 5.92 Å². The van der Waals surface area contributed by atoms with Crippen LogP contribution in [0, 0.1) is 5.92 Å². The van der Waals surface area contributed by atoms with Crippen LogP contribution in [0.5, 0.6) is 0 Å². The third-order valence-electron chi connectivity index (χ3n) is 7.29. The zero-order valence-electron chi connectivity index (χ0n) is 21.8. The smallest absolute Gasteiger partial charge is 0.407 e. The molecule has 1 aliphatic heterocycles. The third kappa shape index (κ3) is 6.03. The van der Waals surface area contributed by atoms with Crippen LogP contribution in [0.25, 0.3) is 11.1 Å². The molecular weight excluding hydrogens is 492 g/mol. The fourth-order valence-corrected chi connectivity index (χ4v) is 5.13. The number of esters is 1. The highest BCUT2D eigenvalue weighted by Crippen LogP contribution is 2.44. The Hall–Kier alpha value is -4.39. The van der Waals surface area contributed by atoms with Gasteiger partial charge in [-0.05, 0) is 40.7 Å². The molecule has 3 aromatic carbocycles. The van der Waals surface area contributed by atoms with Crippen molar-refractivity contribution in [2.75, 3.05) is 13.2 Å². The van der Waals surface area contributed by atoms with Gasteiger partial charge in [0.1, 0.15) is 19.3 Å². The van der Waals surface area contributed by atoms with Crippen molar-refractivity contribution < 1.29 is 23.9 Å². The number of amides is 2. The van der Waals surface area contributed by atoms with E-state index in [2.05, 4.69) is 34.9 Å². The molecule has 2 amide bonds. The van der Waals surface area contributed by atoms with Crippen molar-refractivity contribution in [2.45, 2.75) is 37.8 Å². The van der Waals surface area contributed by atoms with Crippen molar-refractivity contribution in [1.29, 1.82) is 0 Å². The molecule has 0 radical (unpaired) electrons. The van der Waals surface area contributed by atoms with E-state index in [-0.39, 0.29) is 43.3 Å². The Balaban J connectivity index is 1.29. The number of cyclic esters (lactones) is 1. The van der Waals surface area contributed by atoms with E-state index in [0.717, 1.165) is 27.8 Å². The summed E-state index contributed by atoms with van der Waals surface area (Å²) in [6.07, 6.45) is 3.72. The first-order valence-electron chi connectivity index (χ1n) is 13.3. The fourth-order valence-electron chi connectivity index (χ4n) is 5.13. The van der Waals surface area contributed by atoms with Crippen molar-refractivity contribution in [1.82, 2.24) is 10.6 Å². The Morgan fingerprint density at radius 1 is 0.897 bits per heavy atom. The molecule has 2 aliphatic rings. The minimum atomic E-state index is -0.853. The van der Waals surface area contributed by atoms with Crippen LogP contribution in [-0.4, -0.2) is 37.2 Å². The Morgan fingerprint density at radius 3 is 2.21 bits per heavy atom. The van der Waals surface area contributed by atoms with Crippen LogP contribution < -0.4 is 10.6 Å². The van der Waals surface area contributed by atoms with Gasteiger partial charge in [0.05, 0.1) is 12.0 Å². The number of hydrogen-bond donors (Lipinski definition) is 2. The van der Waals surface area contributed by atoms with E-state index in [0.29, 0.717) is 6.42 Å². The average molecular weight is 525 g/mol. The molecule has 0 fully saturated rings. The van der Waals surface area contributed by atoms with Gasteiger partial charge in [0.25, 0.3) is 0 Å². The summed E-state index contributed by atoms with van der Waals surface area (Å²) in [7, 11) is 0. The monoisotopic (exact) mass is 524 g/mol. The maximum Gasteiger partial charge on any atom is 0.407 e. The zero-order chi connectivity index (χ0) is 27.2. The highest BCUT2D eigenvalue weighted by Gasteiger charge is 2.30. The molecule has 7 nitrogen and oxygen atoms in total. The van der Waals surface area contributed by atoms with E-state index >= 15 is 0 Å². The summed E-state index contributed by atoms with van der Waals surface area (Å²) >= 11 is 0. The standard InChI is InChI=1S/C32H32N2O5/c1-21-11-5-10-18-28(30(35)33-29(20-38-31(21)36)22-12-3-2-4-13-22)34-32(37)39-19-27-25-16-8-6-14-23(25)24-15-7-9-17-26(24)27/h2-10,12-17,21,27-29H,11,18-20H2,1H3,(H,33,35)(H,34,37)/b10-5+/t21-,28-,29+/m1/s1. The van der Waals surface area contributed by atoms with Gasteiger partial charge in [-0.1, -0.05) is 97.9 Å². The second-order valence-electron chi connectivity index (χ2n) is 9.97. The molecule has 200 valence electrons. The molecule has 1 heterocycles. The molecule has 0 saturated heterocycles. The molecule has 0 spiro atoms. The first-order valence-corrected chi connectivity index (χ1v) is 13.3. The Kier molecular flexibility index (Phi) is 8.06. The van der Waals surface area contributed by atoms with Gasteiger partial charge in [0, 0.05) is 5.92 Å². The van der Waals surface area contributed by atoms with Gasteiger partial charge in [-0.3, -0.25) is 9.59 Å². The number of allylic oxidation sites excluding steroid dienone is 1. The van der Waals surface area contributed by atoms with Crippen LogP contribution >= 0.6 is 0 Å². The molecule has 5 rings (SSSR count). The summed E-state index contributed by atoms with van der Waals surface area (Å²) in [5, 5.41) is 5.70. The lowest BCUT2D eigenvalue weighted by Gasteiger charge is -2.24. The van der Waals surface area contributed by atoms with Crippen molar-refractivity contribution in [3.63, 3.8) is 0 Å². The largest absolute Gasteiger partial charge is 0.463 e. The Labute approximate surface area is 228 Å². The summed E-state index contributed by atoms with van der Waals surface area (Å²) in [5.41, 5.74) is 5.33. The minimum absolute atomic E-state index is 0.000303. The van der Waals surface area contributed by atoms with Gasteiger partial charge in [0.2, 0.25) is 5.91 Å². The SMILES string of the molecule is C[C@@H]1C/C=C/C[C@@H](NC(=O)OCC2c3ccccc3-c3ccccc32)C(=O)N[C@H](c2ccccc2)COC1=O.